The molecule has 2 aromatic rings. The van der Waals surface area contributed by atoms with Crippen LogP contribution in [0.15, 0.2) is 48.5 Å². The van der Waals surface area contributed by atoms with Crippen molar-refractivity contribution in [3.63, 3.8) is 0 Å². The van der Waals surface area contributed by atoms with Crippen LogP contribution < -0.4 is 9.62 Å². The minimum absolute atomic E-state index is 0.181. The van der Waals surface area contributed by atoms with Crippen molar-refractivity contribution < 1.29 is 18.0 Å². The Morgan fingerprint density at radius 2 is 1.79 bits per heavy atom. The molecular formula is C25H34ClN3O4S. The Morgan fingerprint density at radius 1 is 1.09 bits per heavy atom. The zero-order valence-electron chi connectivity index (χ0n) is 20.3. The van der Waals surface area contributed by atoms with Gasteiger partial charge in [-0.25, -0.2) is 8.42 Å². The van der Waals surface area contributed by atoms with Crippen molar-refractivity contribution in [2.45, 2.75) is 52.6 Å². The third kappa shape index (κ3) is 7.74. The molecule has 0 unspecified atom stereocenters. The number of rotatable bonds is 12. The normalized spacial score (nSPS) is 12.1. The van der Waals surface area contributed by atoms with E-state index in [2.05, 4.69) is 5.32 Å². The first-order chi connectivity index (χ1) is 16.1. The third-order valence-electron chi connectivity index (χ3n) is 5.45. The van der Waals surface area contributed by atoms with Gasteiger partial charge in [0.1, 0.15) is 12.6 Å². The highest BCUT2D eigenvalue weighted by Gasteiger charge is 2.32. The summed E-state index contributed by atoms with van der Waals surface area (Å²) in [6.07, 6.45) is 3.19. The van der Waals surface area contributed by atoms with Crippen molar-refractivity contribution in [1.82, 2.24) is 10.2 Å². The summed E-state index contributed by atoms with van der Waals surface area (Å²) in [5.74, 6) is -0.732. The second-order valence-electron chi connectivity index (χ2n) is 8.30. The fourth-order valence-electron chi connectivity index (χ4n) is 3.68. The van der Waals surface area contributed by atoms with Crippen molar-refractivity contribution in [3.8, 4) is 0 Å². The molecule has 1 atom stereocenters. The SMILES string of the molecule is CCCCNC(=O)[C@H](CC)N(Cc1cccc(C)c1)C(=O)CN(c1ccccc1Cl)S(C)(=O)=O. The fourth-order valence-corrected chi connectivity index (χ4v) is 4.83. The van der Waals surface area contributed by atoms with Gasteiger partial charge in [-0.15, -0.1) is 0 Å². The molecular weight excluding hydrogens is 474 g/mol. The van der Waals surface area contributed by atoms with Crippen molar-refractivity contribution >= 4 is 39.1 Å². The van der Waals surface area contributed by atoms with Crippen molar-refractivity contribution in [3.05, 3.63) is 64.7 Å². The van der Waals surface area contributed by atoms with Gasteiger partial charge in [0, 0.05) is 13.1 Å². The van der Waals surface area contributed by atoms with E-state index >= 15 is 0 Å². The molecule has 0 radical (unpaired) electrons. The summed E-state index contributed by atoms with van der Waals surface area (Å²) in [5, 5.41) is 3.12. The van der Waals surface area contributed by atoms with Gasteiger partial charge in [-0.1, -0.05) is 73.8 Å². The van der Waals surface area contributed by atoms with Crippen LogP contribution in [-0.2, 0) is 26.2 Å². The van der Waals surface area contributed by atoms with E-state index in [9.17, 15) is 18.0 Å². The molecule has 2 aromatic carbocycles. The second kappa shape index (κ2) is 12.8. The maximum Gasteiger partial charge on any atom is 0.244 e. The summed E-state index contributed by atoms with van der Waals surface area (Å²) in [6, 6.07) is 13.4. The number of benzene rings is 2. The number of unbranched alkanes of at least 4 members (excludes halogenated alkanes) is 1. The van der Waals surface area contributed by atoms with E-state index in [-0.39, 0.29) is 23.2 Å². The second-order valence-corrected chi connectivity index (χ2v) is 10.6. The van der Waals surface area contributed by atoms with Gasteiger partial charge in [0.05, 0.1) is 17.0 Å². The Kier molecular flexibility index (Phi) is 10.4. The van der Waals surface area contributed by atoms with Crippen LogP contribution in [0.1, 0.15) is 44.2 Å². The summed E-state index contributed by atoms with van der Waals surface area (Å²) < 4.78 is 26.2. The van der Waals surface area contributed by atoms with E-state index in [0.717, 1.165) is 34.5 Å². The smallest absolute Gasteiger partial charge is 0.244 e. The highest BCUT2D eigenvalue weighted by atomic mass is 35.5. The van der Waals surface area contributed by atoms with Gasteiger partial charge in [0.15, 0.2) is 0 Å². The van der Waals surface area contributed by atoms with Gasteiger partial charge in [0.25, 0.3) is 0 Å². The molecule has 0 aliphatic carbocycles. The number of anilines is 1. The maximum atomic E-state index is 13.6. The Morgan fingerprint density at radius 3 is 2.38 bits per heavy atom. The highest BCUT2D eigenvalue weighted by Crippen LogP contribution is 2.27. The van der Waals surface area contributed by atoms with Gasteiger partial charge in [-0.2, -0.15) is 0 Å². The average Bonchev–Trinajstić information content (AvgIpc) is 2.77. The lowest BCUT2D eigenvalue weighted by atomic mass is 10.1. The molecule has 0 aromatic heterocycles. The van der Waals surface area contributed by atoms with E-state index < -0.39 is 28.5 Å². The zero-order chi connectivity index (χ0) is 25.3. The average molecular weight is 508 g/mol. The van der Waals surface area contributed by atoms with E-state index in [1.165, 1.54) is 4.90 Å². The molecule has 2 rings (SSSR count). The van der Waals surface area contributed by atoms with Crippen LogP contribution >= 0.6 is 11.6 Å². The van der Waals surface area contributed by atoms with E-state index in [1.54, 1.807) is 24.3 Å². The number of para-hydroxylation sites is 1. The predicted octanol–water partition coefficient (Wildman–Crippen LogP) is 4.14. The van der Waals surface area contributed by atoms with Gasteiger partial charge in [-0.3, -0.25) is 13.9 Å². The number of nitrogens with zero attached hydrogens (tertiary/aromatic N) is 2. The molecule has 0 aliphatic rings. The molecule has 34 heavy (non-hydrogen) atoms. The number of amides is 2. The summed E-state index contributed by atoms with van der Waals surface area (Å²) in [5.41, 5.74) is 2.10. The molecule has 0 fully saturated rings. The lowest BCUT2D eigenvalue weighted by Crippen LogP contribution is -2.52. The summed E-state index contributed by atoms with van der Waals surface area (Å²) in [6.45, 7) is 6.06. The standard InChI is InChI=1S/C25H34ClN3O4S/c1-5-7-15-27-25(31)22(6-2)28(17-20-12-10-11-19(3)16-20)24(30)18-29(34(4,32)33)23-14-9-8-13-21(23)26/h8-14,16,22H,5-7,15,17-18H2,1-4H3,(H,27,31)/t22-/m0/s1. The van der Waals surface area contributed by atoms with Gasteiger partial charge in [0.2, 0.25) is 21.8 Å². The van der Waals surface area contributed by atoms with Gasteiger partial charge < -0.3 is 10.2 Å². The Labute approximate surface area is 208 Å². The Hall–Kier alpha value is -2.58. The van der Waals surface area contributed by atoms with Crippen LogP contribution in [-0.4, -0.2) is 50.5 Å². The summed E-state index contributed by atoms with van der Waals surface area (Å²) in [4.78, 5) is 28.1. The van der Waals surface area contributed by atoms with Crippen LogP contribution in [0.3, 0.4) is 0 Å². The number of hydrogen-bond donors (Lipinski definition) is 1. The van der Waals surface area contributed by atoms with Crippen LogP contribution in [0.25, 0.3) is 0 Å². The number of carbonyl (C=O) groups excluding carboxylic acids is 2. The largest absolute Gasteiger partial charge is 0.354 e. The van der Waals surface area contributed by atoms with E-state index in [0.29, 0.717) is 13.0 Å². The minimum Gasteiger partial charge on any atom is -0.354 e. The third-order valence-corrected chi connectivity index (χ3v) is 6.90. The topological polar surface area (TPSA) is 86.8 Å². The van der Waals surface area contributed by atoms with Gasteiger partial charge >= 0.3 is 0 Å². The predicted molar refractivity (Wildman–Crippen MR) is 137 cm³/mol. The Balaban J connectivity index is 2.41. The molecule has 0 saturated carbocycles. The molecule has 0 heterocycles. The van der Waals surface area contributed by atoms with Gasteiger partial charge in [-0.05, 0) is 37.5 Å². The first-order valence-electron chi connectivity index (χ1n) is 11.4. The number of hydrogen-bond acceptors (Lipinski definition) is 4. The summed E-state index contributed by atoms with van der Waals surface area (Å²) in [7, 11) is -3.82. The molecule has 0 bridgehead atoms. The molecule has 2 amide bonds. The lowest BCUT2D eigenvalue weighted by Gasteiger charge is -2.33. The maximum absolute atomic E-state index is 13.6. The molecule has 0 spiro atoms. The van der Waals surface area contributed by atoms with Crippen LogP contribution in [0.2, 0.25) is 5.02 Å². The van der Waals surface area contributed by atoms with E-state index in [1.807, 2.05) is 45.0 Å². The number of nitrogens with one attached hydrogen (secondary N) is 1. The molecule has 0 aliphatic heterocycles. The Bertz CT molecular complexity index is 1090. The van der Waals surface area contributed by atoms with Crippen LogP contribution in [0.4, 0.5) is 5.69 Å². The number of carbonyl (C=O) groups is 2. The molecule has 1 N–H and O–H groups in total. The monoisotopic (exact) mass is 507 g/mol. The van der Waals surface area contributed by atoms with Crippen molar-refractivity contribution in [1.29, 1.82) is 0 Å². The molecule has 0 saturated heterocycles. The quantitative estimate of drug-likeness (QED) is 0.437. The van der Waals surface area contributed by atoms with Crippen molar-refractivity contribution in [2.75, 3.05) is 23.7 Å². The zero-order valence-corrected chi connectivity index (χ0v) is 21.8. The van der Waals surface area contributed by atoms with Crippen LogP contribution in [0.5, 0.6) is 0 Å². The number of halogens is 1. The minimum atomic E-state index is -3.82. The first kappa shape index (κ1) is 27.7. The first-order valence-corrected chi connectivity index (χ1v) is 13.7. The summed E-state index contributed by atoms with van der Waals surface area (Å²) >= 11 is 6.25. The molecule has 7 nitrogen and oxygen atoms in total. The van der Waals surface area contributed by atoms with Crippen molar-refractivity contribution in [2.24, 2.45) is 0 Å². The fraction of sp³-hybridized carbons (Fsp3) is 0.440. The number of aryl methyl sites for hydroxylation is 1. The highest BCUT2D eigenvalue weighted by molar-refractivity contribution is 7.92. The molecule has 9 heteroatoms. The number of sulfonamides is 1. The van der Waals surface area contributed by atoms with E-state index in [4.69, 9.17) is 11.6 Å². The van der Waals surface area contributed by atoms with Crippen LogP contribution in [0, 0.1) is 6.92 Å². The lowest BCUT2D eigenvalue weighted by molar-refractivity contribution is -0.140. The molecule has 186 valence electrons.